The fourth-order valence-electron chi connectivity index (χ4n) is 3.74. The van der Waals surface area contributed by atoms with Gasteiger partial charge in [-0.15, -0.1) is 0 Å². The van der Waals surface area contributed by atoms with E-state index >= 15 is 0 Å². The zero-order chi connectivity index (χ0) is 17.9. The average Bonchev–Trinajstić information content (AvgIpc) is 3.01. The number of aromatic nitrogens is 2. The van der Waals surface area contributed by atoms with Gasteiger partial charge in [-0.25, -0.2) is 4.98 Å². The van der Waals surface area contributed by atoms with E-state index in [-0.39, 0.29) is 0 Å². The molecule has 4 rings (SSSR count). The molecule has 3 nitrogen and oxygen atoms in total. The van der Waals surface area contributed by atoms with Crippen LogP contribution in [0.25, 0.3) is 17.3 Å². The lowest BCUT2D eigenvalue weighted by Gasteiger charge is -2.24. The minimum absolute atomic E-state index is 0.533. The molecule has 0 spiro atoms. The number of benzene rings is 1. The molecule has 3 aromatic rings. The minimum Gasteiger partial charge on any atom is -0.367 e. The smallest absolute Gasteiger partial charge is 0.139 e. The van der Waals surface area contributed by atoms with Gasteiger partial charge < -0.3 is 5.32 Å². The van der Waals surface area contributed by atoms with Crippen LogP contribution in [-0.4, -0.2) is 15.4 Å². The van der Waals surface area contributed by atoms with Crippen molar-refractivity contribution < 1.29 is 0 Å². The van der Waals surface area contributed by atoms with Crippen LogP contribution in [0.2, 0.25) is 0 Å². The molecule has 4 heteroatoms. The molecule has 1 N–H and O–H groups in total. The van der Waals surface area contributed by atoms with Crippen LogP contribution in [0.1, 0.15) is 50.3 Å². The number of nitrogens with one attached hydrogen (secondary N) is 1. The highest BCUT2D eigenvalue weighted by Gasteiger charge is 2.19. The summed E-state index contributed by atoms with van der Waals surface area (Å²) in [6.45, 7) is 2.15. The summed E-state index contributed by atoms with van der Waals surface area (Å²) in [5, 5.41) is 3.81. The molecule has 0 bridgehead atoms. The van der Waals surface area contributed by atoms with Gasteiger partial charge in [-0.05, 0) is 65.0 Å². The summed E-state index contributed by atoms with van der Waals surface area (Å²) in [5.74, 6) is 1.11. The summed E-state index contributed by atoms with van der Waals surface area (Å²) in [7, 11) is 0. The molecule has 1 saturated carbocycles. The van der Waals surface area contributed by atoms with E-state index in [0.717, 1.165) is 21.6 Å². The molecule has 0 amide bonds. The van der Waals surface area contributed by atoms with Crippen LogP contribution in [-0.2, 0) is 0 Å². The predicted octanol–water partition coefficient (Wildman–Crippen LogP) is 6.40. The van der Waals surface area contributed by atoms with Gasteiger partial charge in [0.1, 0.15) is 17.2 Å². The molecule has 1 fully saturated rings. The average molecular weight is 410 g/mol. The first kappa shape index (κ1) is 17.3. The van der Waals surface area contributed by atoms with Crippen molar-refractivity contribution in [1.29, 1.82) is 0 Å². The topological polar surface area (TPSA) is 29.3 Å². The molecule has 134 valence electrons. The minimum atomic E-state index is 0.533. The Bertz CT molecular complexity index is 921. The molecule has 0 unspecified atom stereocenters. The Morgan fingerprint density at radius 2 is 1.88 bits per heavy atom. The fraction of sp³-hybridized carbons (Fsp3) is 0.318. The number of hydrogen-bond acceptors (Lipinski definition) is 2. The van der Waals surface area contributed by atoms with Crippen molar-refractivity contribution in [2.24, 2.45) is 0 Å². The first-order valence-electron chi connectivity index (χ1n) is 9.38. The summed E-state index contributed by atoms with van der Waals surface area (Å²) in [4.78, 5) is 4.93. The van der Waals surface area contributed by atoms with Crippen molar-refractivity contribution in [3.8, 4) is 0 Å². The van der Waals surface area contributed by atoms with Crippen molar-refractivity contribution in [1.82, 2.24) is 9.38 Å². The number of pyridine rings is 1. The lowest BCUT2D eigenvalue weighted by Crippen LogP contribution is -2.23. The number of rotatable bonds is 4. The summed E-state index contributed by atoms with van der Waals surface area (Å²) in [6.07, 6.45) is 10.8. The van der Waals surface area contributed by atoms with Crippen molar-refractivity contribution in [2.75, 3.05) is 5.32 Å². The SMILES string of the molecule is CC(=Cc1ccccc1)c1nc2ccc(Br)cn2c1NC1CCCCC1. The van der Waals surface area contributed by atoms with E-state index in [0.29, 0.717) is 6.04 Å². The van der Waals surface area contributed by atoms with Crippen molar-refractivity contribution >= 4 is 39.0 Å². The quantitative estimate of drug-likeness (QED) is 0.539. The third kappa shape index (κ3) is 3.70. The standard InChI is InChI=1S/C22H24BrN3/c1-16(14-17-8-4-2-5-9-17)21-22(24-19-10-6-3-7-11-19)26-15-18(23)12-13-20(26)25-21/h2,4-5,8-9,12-15,19,24H,3,6-7,10-11H2,1H3. The molecule has 0 radical (unpaired) electrons. The predicted molar refractivity (Wildman–Crippen MR) is 113 cm³/mol. The van der Waals surface area contributed by atoms with Gasteiger partial charge in [0.15, 0.2) is 0 Å². The Hall–Kier alpha value is -2.07. The van der Waals surface area contributed by atoms with Gasteiger partial charge in [-0.1, -0.05) is 49.6 Å². The molecule has 0 atom stereocenters. The molecular formula is C22H24BrN3. The van der Waals surface area contributed by atoms with E-state index in [2.05, 4.69) is 75.2 Å². The number of anilines is 1. The van der Waals surface area contributed by atoms with Crippen molar-refractivity contribution in [3.63, 3.8) is 0 Å². The second-order valence-corrected chi connectivity index (χ2v) is 8.02. The number of hydrogen-bond donors (Lipinski definition) is 1. The molecule has 26 heavy (non-hydrogen) atoms. The Balaban J connectivity index is 1.77. The summed E-state index contributed by atoms with van der Waals surface area (Å²) in [6, 6.07) is 15.1. The van der Waals surface area contributed by atoms with Crippen LogP contribution >= 0.6 is 15.9 Å². The Labute approximate surface area is 163 Å². The second kappa shape index (κ2) is 7.67. The van der Waals surface area contributed by atoms with E-state index in [9.17, 15) is 0 Å². The molecule has 0 aliphatic heterocycles. The maximum atomic E-state index is 4.93. The highest BCUT2D eigenvalue weighted by molar-refractivity contribution is 9.10. The Morgan fingerprint density at radius 3 is 2.65 bits per heavy atom. The van der Waals surface area contributed by atoms with Crippen LogP contribution in [0.5, 0.6) is 0 Å². The molecular weight excluding hydrogens is 386 g/mol. The number of fused-ring (bicyclic) bond motifs is 1. The van der Waals surface area contributed by atoms with Gasteiger partial charge in [0, 0.05) is 16.7 Å². The molecule has 1 aliphatic carbocycles. The molecule has 1 aromatic carbocycles. The molecule has 2 heterocycles. The highest BCUT2D eigenvalue weighted by atomic mass is 79.9. The van der Waals surface area contributed by atoms with Gasteiger partial charge in [0.05, 0.1) is 0 Å². The van der Waals surface area contributed by atoms with Gasteiger partial charge in [-0.3, -0.25) is 4.40 Å². The maximum Gasteiger partial charge on any atom is 0.139 e. The third-order valence-corrected chi connectivity index (χ3v) is 5.55. The van der Waals surface area contributed by atoms with Crippen LogP contribution in [0.4, 0.5) is 5.82 Å². The lowest BCUT2D eigenvalue weighted by atomic mass is 9.95. The van der Waals surface area contributed by atoms with E-state index in [4.69, 9.17) is 4.98 Å². The normalized spacial score (nSPS) is 16.2. The van der Waals surface area contributed by atoms with Crippen LogP contribution < -0.4 is 5.32 Å². The monoisotopic (exact) mass is 409 g/mol. The summed E-state index contributed by atoms with van der Waals surface area (Å²) >= 11 is 3.60. The van der Waals surface area contributed by atoms with E-state index in [1.165, 1.54) is 43.2 Å². The lowest BCUT2D eigenvalue weighted by molar-refractivity contribution is 0.461. The first-order chi connectivity index (χ1) is 12.7. The third-order valence-electron chi connectivity index (χ3n) is 5.08. The summed E-state index contributed by atoms with van der Waals surface area (Å²) in [5.41, 5.74) is 4.39. The van der Waals surface area contributed by atoms with Gasteiger partial charge in [-0.2, -0.15) is 0 Å². The van der Waals surface area contributed by atoms with Gasteiger partial charge in [0.2, 0.25) is 0 Å². The number of nitrogens with zero attached hydrogens (tertiary/aromatic N) is 2. The zero-order valence-electron chi connectivity index (χ0n) is 15.1. The molecule has 0 saturated heterocycles. The van der Waals surface area contributed by atoms with E-state index in [1.807, 2.05) is 12.1 Å². The highest BCUT2D eigenvalue weighted by Crippen LogP contribution is 2.30. The zero-order valence-corrected chi connectivity index (χ0v) is 16.7. The van der Waals surface area contributed by atoms with E-state index < -0.39 is 0 Å². The number of imidazole rings is 1. The molecule has 1 aliphatic rings. The van der Waals surface area contributed by atoms with Crippen LogP contribution in [0, 0.1) is 0 Å². The Kier molecular flexibility index (Phi) is 5.11. The maximum absolute atomic E-state index is 4.93. The summed E-state index contributed by atoms with van der Waals surface area (Å²) < 4.78 is 3.24. The van der Waals surface area contributed by atoms with E-state index in [1.54, 1.807) is 0 Å². The first-order valence-corrected chi connectivity index (χ1v) is 10.2. The van der Waals surface area contributed by atoms with Crippen LogP contribution in [0.15, 0.2) is 53.1 Å². The fourth-order valence-corrected chi connectivity index (χ4v) is 4.08. The van der Waals surface area contributed by atoms with Gasteiger partial charge >= 0.3 is 0 Å². The van der Waals surface area contributed by atoms with Crippen LogP contribution in [0.3, 0.4) is 0 Å². The number of allylic oxidation sites excluding steroid dienone is 1. The van der Waals surface area contributed by atoms with Gasteiger partial charge in [0.25, 0.3) is 0 Å². The second-order valence-electron chi connectivity index (χ2n) is 7.10. The molecule has 2 aromatic heterocycles. The Morgan fingerprint density at radius 1 is 1.12 bits per heavy atom. The van der Waals surface area contributed by atoms with Crippen molar-refractivity contribution in [2.45, 2.75) is 45.1 Å². The number of halogens is 1. The van der Waals surface area contributed by atoms with Crippen molar-refractivity contribution in [3.05, 3.63) is 64.4 Å². The largest absolute Gasteiger partial charge is 0.367 e.